The minimum atomic E-state index is 0. The van der Waals surface area contributed by atoms with Gasteiger partial charge in [0.15, 0.2) is 0 Å². The van der Waals surface area contributed by atoms with Crippen LogP contribution in [-0.2, 0) is 0 Å². The predicted molar refractivity (Wildman–Crippen MR) is 47.9 cm³/mol. The smallest absolute Gasteiger partial charge is 0.244 e. The molecule has 0 spiro atoms. The van der Waals surface area contributed by atoms with Crippen molar-refractivity contribution in [2.24, 2.45) is 0 Å². The molecule has 1 aromatic heterocycles. The lowest BCUT2D eigenvalue weighted by molar-refractivity contribution is 1.22. The van der Waals surface area contributed by atoms with Crippen LogP contribution in [0.2, 0.25) is 0 Å². The maximum atomic E-state index is 4.07. The van der Waals surface area contributed by atoms with Crippen molar-refractivity contribution < 1.29 is 1.43 Å². The molecule has 0 N–H and O–H groups in total. The summed E-state index contributed by atoms with van der Waals surface area (Å²) in [6.07, 6.45) is 3.37. The molecule has 3 heteroatoms. The molecule has 0 unspecified atom stereocenters. The minimum absolute atomic E-state index is 0. The first-order chi connectivity index (χ1) is 4.97. The number of nitrogens with zero attached hydrogens (tertiary/aromatic N) is 2. The molecule has 11 heavy (non-hydrogen) atoms. The predicted octanol–water partition coefficient (Wildman–Crippen LogP) is 2.16. The Balaban J connectivity index is 0.000000605. The molecule has 0 amide bonds. The second kappa shape index (κ2) is 3.30. The van der Waals surface area contributed by atoms with Crippen molar-refractivity contribution in [3.63, 3.8) is 0 Å². The average molecular weight is 168 g/mol. The summed E-state index contributed by atoms with van der Waals surface area (Å²) in [7, 11) is 0. The maximum Gasteiger partial charge on any atom is 1.00 e. The normalized spacial score (nSPS) is 9.09. The standard InChI is InChI=1S/C8H6N2.ClH/c1-2-4-8-7(3-1)5-9-6-10-8;/h1-6H;1H/p+1. The highest BCUT2D eigenvalue weighted by Crippen LogP contribution is 2.06. The van der Waals surface area contributed by atoms with E-state index in [-0.39, 0.29) is 13.8 Å². The van der Waals surface area contributed by atoms with Gasteiger partial charge in [-0.1, -0.05) is 18.2 Å². The van der Waals surface area contributed by atoms with Crippen LogP contribution in [0.1, 0.15) is 1.43 Å². The summed E-state index contributed by atoms with van der Waals surface area (Å²) in [6, 6.07) is 7.91. The van der Waals surface area contributed by atoms with E-state index in [2.05, 4.69) is 9.97 Å². The summed E-state index contributed by atoms with van der Waals surface area (Å²) in [5, 5.41) is 1.09. The number of hydrogen-bond donors (Lipinski definition) is 0. The molecule has 1 heterocycles. The fourth-order valence-electron chi connectivity index (χ4n) is 0.923. The van der Waals surface area contributed by atoms with E-state index in [1.807, 2.05) is 30.5 Å². The Hall–Kier alpha value is -1.15. The van der Waals surface area contributed by atoms with Crippen molar-refractivity contribution in [1.82, 2.24) is 9.97 Å². The van der Waals surface area contributed by atoms with Crippen molar-refractivity contribution in [2.75, 3.05) is 0 Å². The van der Waals surface area contributed by atoms with Gasteiger partial charge >= 0.3 is 1.43 Å². The topological polar surface area (TPSA) is 25.8 Å². The van der Waals surface area contributed by atoms with Crippen LogP contribution in [0.4, 0.5) is 0 Å². The van der Waals surface area contributed by atoms with Crippen molar-refractivity contribution in [3.8, 4) is 0 Å². The van der Waals surface area contributed by atoms with Crippen LogP contribution >= 0.6 is 12.4 Å². The van der Waals surface area contributed by atoms with Crippen LogP contribution in [0, 0.1) is 0 Å². The van der Waals surface area contributed by atoms with Crippen molar-refractivity contribution in [1.29, 1.82) is 0 Å². The van der Waals surface area contributed by atoms with Gasteiger partial charge in [0, 0.05) is 11.6 Å². The van der Waals surface area contributed by atoms with Gasteiger partial charge in [0.05, 0.1) is 5.52 Å². The third-order valence-corrected chi connectivity index (χ3v) is 1.41. The average Bonchev–Trinajstić information content (AvgIpc) is 2.05. The first-order valence-corrected chi connectivity index (χ1v) is 3.11. The molecule has 0 saturated carbocycles. The van der Waals surface area contributed by atoms with E-state index in [9.17, 15) is 0 Å². The van der Waals surface area contributed by atoms with Crippen LogP contribution in [0.25, 0.3) is 10.9 Å². The van der Waals surface area contributed by atoms with Crippen LogP contribution < -0.4 is 0 Å². The van der Waals surface area contributed by atoms with E-state index in [1.54, 1.807) is 6.33 Å². The zero-order valence-electron chi connectivity index (χ0n) is 6.77. The zero-order valence-corrected chi connectivity index (χ0v) is 6.58. The summed E-state index contributed by atoms with van der Waals surface area (Å²) < 4.78 is 0. The molecule has 0 aliphatic rings. The second-order valence-corrected chi connectivity index (χ2v) is 2.08. The van der Waals surface area contributed by atoms with Crippen LogP contribution in [0.5, 0.6) is 0 Å². The first-order valence-electron chi connectivity index (χ1n) is 3.11. The fourth-order valence-corrected chi connectivity index (χ4v) is 0.923. The van der Waals surface area contributed by atoms with E-state index in [0.29, 0.717) is 0 Å². The minimum Gasteiger partial charge on any atom is -0.244 e. The lowest BCUT2D eigenvalue weighted by atomic mass is 10.2. The van der Waals surface area contributed by atoms with E-state index >= 15 is 0 Å². The van der Waals surface area contributed by atoms with Gasteiger partial charge in [-0.3, -0.25) is 0 Å². The molecule has 0 saturated heterocycles. The Morgan fingerprint density at radius 3 is 2.82 bits per heavy atom. The monoisotopic (exact) mass is 167 g/mol. The number of benzene rings is 1. The van der Waals surface area contributed by atoms with E-state index < -0.39 is 0 Å². The van der Waals surface area contributed by atoms with Gasteiger partial charge < -0.3 is 0 Å². The summed E-state index contributed by atoms with van der Waals surface area (Å²) >= 11 is 0. The number of halogens is 1. The Labute approximate surface area is 72.2 Å². The maximum absolute atomic E-state index is 4.07. The largest absolute Gasteiger partial charge is 1.00 e. The fraction of sp³-hybridized carbons (Fsp3) is 0. The van der Waals surface area contributed by atoms with Gasteiger partial charge in [0.25, 0.3) is 0 Å². The third kappa shape index (κ3) is 1.46. The van der Waals surface area contributed by atoms with Gasteiger partial charge in [-0.15, -0.1) is 12.4 Å². The molecule has 2 aromatic rings. The third-order valence-electron chi connectivity index (χ3n) is 1.41. The summed E-state index contributed by atoms with van der Waals surface area (Å²) in [5.74, 6) is 0. The van der Waals surface area contributed by atoms with Crippen LogP contribution in [0.15, 0.2) is 36.8 Å². The highest BCUT2D eigenvalue weighted by molar-refractivity contribution is 5.85. The quantitative estimate of drug-likeness (QED) is 0.601. The molecule has 56 valence electrons. The Bertz CT molecular complexity index is 288. The highest BCUT2D eigenvalue weighted by atomic mass is 35.5. The van der Waals surface area contributed by atoms with Crippen LogP contribution in [-0.4, -0.2) is 9.97 Å². The SMILES string of the molecule is Cl.[H+].c1ccc2ncncc2c1. The molecule has 0 bridgehead atoms. The number of para-hydroxylation sites is 1. The Morgan fingerprint density at radius 2 is 2.00 bits per heavy atom. The molecular formula is C8H8ClN2+. The lowest BCUT2D eigenvalue weighted by Crippen LogP contribution is -1.77. The van der Waals surface area contributed by atoms with E-state index in [1.165, 1.54) is 0 Å². The van der Waals surface area contributed by atoms with Gasteiger partial charge in [0.2, 0.25) is 0 Å². The molecule has 0 aliphatic heterocycles. The highest BCUT2D eigenvalue weighted by Gasteiger charge is 1.87. The molecule has 0 aliphatic carbocycles. The molecular weight excluding hydrogens is 160 g/mol. The summed E-state index contributed by atoms with van der Waals surface area (Å²) in [5.41, 5.74) is 0.998. The summed E-state index contributed by atoms with van der Waals surface area (Å²) in [4.78, 5) is 7.97. The Morgan fingerprint density at radius 1 is 1.18 bits per heavy atom. The molecule has 0 fully saturated rings. The molecule has 1 aromatic carbocycles. The van der Waals surface area contributed by atoms with Gasteiger partial charge in [-0.05, 0) is 6.07 Å². The summed E-state index contributed by atoms with van der Waals surface area (Å²) in [6.45, 7) is 0. The van der Waals surface area contributed by atoms with Gasteiger partial charge in [-0.25, -0.2) is 9.97 Å². The molecule has 0 radical (unpaired) electrons. The van der Waals surface area contributed by atoms with Crippen molar-refractivity contribution in [2.45, 2.75) is 0 Å². The van der Waals surface area contributed by atoms with Gasteiger partial charge in [-0.2, -0.15) is 0 Å². The van der Waals surface area contributed by atoms with Crippen molar-refractivity contribution in [3.05, 3.63) is 36.8 Å². The van der Waals surface area contributed by atoms with Crippen molar-refractivity contribution >= 4 is 23.3 Å². The second-order valence-electron chi connectivity index (χ2n) is 2.08. The molecule has 0 atom stereocenters. The molecule has 2 nitrogen and oxygen atoms in total. The number of rotatable bonds is 0. The number of hydrogen-bond acceptors (Lipinski definition) is 2. The zero-order chi connectivity index (χ0) is 6.81. The number of fused-ring (bicyclic) bond motifs is 1. The van der Waals surface area contributed by atoms with Crippen LogP contribution in [0.3, 0.4) is 0 Å². The van der Waals surface area contributed by atoms with E-state index in [0.717, 1.165) is 10.9 Å². The number of aromatic nitrogens is 2. The molecule has 2 rings (SSSR count). The first kappa shape index (κ1) is 7.95. The Kier molecular flexibility index (Phi) is 2.39. The van der Waals surface area contributed by atoms with Gasteiger partial charge in [0.1, 0.15) is 6.33 Å². The lowest BCUT2D eigenvalue weighted by Gasteiger charge is -1.90. The van der Waals surface area contributed by atoms with E-state index in [4.69, 9.17) is 0 Å².